The van der Waals surface area contributed by atoms with Crippen LogP contribution in [0.4, 0.5) is 11.4 Å². The second-order valence-electron chi connectivity index (χ2n) is 6.93. The number of nitrogens with one attached hydrogen (secondary N) is 1. The van der Waals surface area contributed by atoms with Crippen molar-refractivity contribution < 1.29 is 0 Å². The van der Waals surface area contributed by atoms with Gasteiger partial charge in [0.15, 0.2) is 0 Å². The lowest BCUT2D eigenvalue weighted by molar-refractivity contribution is 0.590. The van der Waals surface area contributed by atoms with Crippen LogP contribution in [0.1, 0.15) is 37.5 Å². The van der Waals surface area contributed by atoms with Crippen LogP contribution in [0.25, 0.3) is 0 Å². The predicted octanol–water partition coefficient (Wildman–Crippen LogP) is 4.13. The fraction of sp³-hybridized carbons (Fsp3) is 0.316. The smallest absolute Gasteiger partial charge is 0.106 e. The predicted molar refractivity (Wildman–Crippen MR) is 94.5 cm³/mol. The van der Waals surface area contributed by atoms with Crippen LogP contribution >= 0.6 is 0 Å². The van der Waals surface area contributed by atoms with Crippen LogP contribution in [-0.2, 0) is 18.4 Å². The normalized spacial score (nSPS) is 15.7. The summed E-state index contributed by atoms with van der Waals surface area (Å²) in [5.41, 5.74) is 11.8. The van der Waals surface area contributed by atoms with E-state index in [1.165, 1.54) is 16.7 Å². The third-order valence-corrected chi connectivity index (χ3v) is 4.04. The molecule has 3 N–H and O–H groups in total. The molecule has 0 aliphatic carbocycles. The monoisotopic (exact) mass is 293 g/mol. The molecular weight excluding hydrogens is 270 g/mol. The lowest BCUT2D eigenvalue weighted by Crippen LogP contribution is -2.10. The van der Waals surface area contributed by atoms with Gasteiger partial charge in [-0.25, -0.2) is 0 Å². The first kappa shape index (κ1) is 14.6. The summed E-state index contributed by atoms with van der Waals surface area (Å²) >= 11 is 0. The Labute approximate surface area is 132 Å². The quantitative estimate of drug-likeness (QED) is 0.818. The van der Waals surface area contributed by atoms with Crippen molar-refractivity contribution >= 4 is 17.2 Å². The highest BCUT2D eigenvalue weighted by Crippen LogP contribution is 2.26. The number of aliphatic imine (C=N–C) groups is 1. The molecule has 0 bridgehead atoms. The van der Waals surface area contributed by atoms with Crippen molar-refractivity contribution in [1.29, 1.82) is 0 Å². The van der Waals surface area contributed by atoms with E-state index >= 15 is 0 Å². The van der Waals surface area contributed by atoms with Crippen molar-refractivity contribution in [3.05, 3.63) is 59.2 Å². The number of anilines is 2. The molecule has 0 saturated carbocycles. The fourth-order valence-electron chi connectivity index (χ4n) is 2.65. The maximum absolute atomic E-state index is 5.82. The van der Waals surface area contributed by atoms with Gasteiger partial charge >= 0.3 is 0 Å². The van der Waals surface area contributed by atoms with E-state index in [9.17, 15) is 0 Å². The molecule has 0 atom stereocenters. The molecule has 2 aromatic rings. The molecule has 1 aliphatic rings. The first-order valence-electron chi connectivity index (χ1n) is 7.70. The lowest BCUT2D eigenvalue weighted by atomic mass is 9.87. The van der Waals surface area contributed by atoms with Gasteiger partial charge in [-0.05, 0) is 40.3 Å². The first-order valence-corrected chi connectivity index (χ1v) is 7.70. The summed E-state index contributed by atoms with van der Waals surface area (Å²) in [7, 11) is 0. The van der Waals surface area contributed by atoms with Gasteiger partial charge in [-0.3, -0.25) is 4.99 Å². The zero-order valence-corrected chi connectivity index (χ0v) is 13.5. The van der Waals surface area contributed by atoms with Gasteiger partial charge in [0.1, 0.15) is 5.84 Å². The average molecular weight is 293 g/mol. The molecular formula is C19H23N3. The minimum absolute atomic E-state index is 0.193. The number of hydrogen-bond acceptors (Lipinski definition) is 2. The van der Waals surface area contributed by atoms with Crippen LogP contribution in [0.15, 0.2) is 47.5 Å². The van der Waals surface area contributed by atoms with Gasteiger partial charge in [0.05, 0.1) is 6.54 Å². The number of nitrogens with zero attached hydrogens (tertiary/aromatic N) is 1. The largest absolute Gasteiger partial charge is 0.399 e. The molecule has 3 rings (SSSR count). The molecule has 114 valence electrons. The molecule has 0 unspecified atom stereocenters. The van der Waals surface area contributed by atoms with Gasteiger partial charge in [-0.15, -0.1) is 0 Å². The van der Waals surface area contributed by atoms with Crippen LogP contribution in [0.5, 0.6) is 0 Å². The number of nitrogen functional groups attached to an aromatic ring is 1. The van der Waals surface area contributed by atoms with E-state index in [-0.39, 0.29) is 5.41 Å². The Morgan fingerprint density at radius 1 is 1.09 bits per heavy atom. The Hall–Kier alpha value is -2.29. The van der Waals surface area contributed by atoms with E-state index in [0.29, 0.717) is 6.54 Å². The van der Waals surface area contributed by atoms with Crippen molar-refractivity contribution in [1.82, 2.24) is 0 Å². The second-order valence-corrected chi connectivity index (χ2v) is 6.93. The number of rotatable bonds is 2. The summed E-state index contributed by atoms with van der Waals surface area (Å²) in [5.74, 6) is 1.01. The number of nitrogens with two attached hydrogens (primary N) is 1. The Balaban J connectivity index is 1.68. The highest BCUT2D eigenvalue weighted by atomic mass is 15.0. The zero-order chi connectivity index (χ0) is 15.7. The minimum atomic E-state index is 0.193. The number of benzene rings is 2. The molecule has 2 aromatic carbocycles. The molecule has 3 heteroatoms. The summed E-state index contributed by atoms with van der Waals surface area (Å²) in [6, 6.07) is 14.7. The SMILES string of the molecule is CC(C)(C)c1ccc(CN=C2Cc3cc(N)ccc3N2)cc1. The van der Waals surface area contributed by atoms with Gasteiger partial charge in [-0.2, -0.15) is 0 Å². The Bertz CT molecular complexity index is 706. The molecule has 3 nitrogen and oxygen atoms in total. The third-order valence-electron chi connectivity index (χ3n) is 4.04. The van der Waals surface area contributed by atoms with Crippen molar-refractivity contribution in [2.75, 3.05) is 11.1 Å². The number of fused-ring (bicyclic) bond motifs is 1. The lowest BCUT2D eigenvalue weighted by Gasteiger charge is -2.18. The van der Waals surface area contributed by atoms with Gasteiger partial charge in [0.25, 0.3) is 0 Å². The Morgan fingerprint density at radius 3 is 2.50 bits per heavy atom. The molecule has 0 saturated heterocycles. The van der Waals surface area contributed by atoms with E-state index in [4.69, 9.17) is 10.7 Å². The van der Waals surface area contributed by atoms with E-state index in [2.05, 4.69) is 50.4 Å². The van der Waals surface area contributed by atoms with Crippen molar-refractivity contribution in [2.24, 2.45) is 4.99 Å². The molecule has 0 amide bonds. The summed E-state index contributed by atoms with van der Waals surface area (Å²) in [6.07, 6.45) is 0.834. The summed E-state index contributed by atoms with van der Waals surface area (Å²) in [6.45, 7) is 7.39. The van der Waals surface area contributed by atoms with E-state index in [1.54, 1.807) is 0 Å². The standard InChI is InChI=1S/C19H23N3/c1-19(2,3)15-6-4-13(5-7-15)12-21-18-11-14-10-16(20)8-9-17(14)22-18/h4-10H,11-12,20H2,1-3H3,(H,21,22). The van der Waals surface area contributed by atoms with Crippen molar-refractivity contribution in [2.45, 2.75) is 39.2 Å². The first-order chi connectivity index (χ1) is 10.4. The minimum Gasteiger partial charge on any atom is -0.399 e. The number of hydrogen-bond donors (Lipinski definition) is 2. The summed E-state index contributed by atoms with van der Waals surface area (Å²) in [5, 5.41) is 3.36. The molecule has 22 heavy (non-hydrogen) atoms. The summed E-state index contributed by atoms with van der Waals surface area (Å²) < 4.78 is 0. The molecule has 0 radical (unpaired) electrons. The van der Waals surface area contributed by atoms with Crippen LogP contribution in [0.2, 0.25) is 0 Å². The number of amidine groups is 1. The van der Waals surface area contributed by atoms with Crippen LogP contribution < -0.4 is 11.1 Å². The van der Waals surface area contributed by atoms with E-state index in [0.717, 1.165) is 23.6 Å². The zero-order valence-electron chi connectivity index (χ0n) is 13.5. The second kappa shape index (κ2) is 5.48. The highest BCUT2D eigenvalue weighted by Gasteiger charge is 2.16. The molecule has 0 spiro atoms. The Kier molecular flexibility index (Phi) is 3.65. The van der Waals surface area contributed by atoms with Gasteiger partial charge < -0.3 is 11.1 Å². The fourth-order valence-corrected chi connectivity index (χ4v) is 2.65. The van der Waals surface area contributed by atoms with Gasteiger partial charge in [0.2, 0.25) is 0 Å². The maximum Gasteiger partial charge on any atom is 0.106 e. The maximum atomic E-state index is 5.82. The molecule has 1 heterocycles. The van der Waals surface area contributed by atoms with Crippen LogP contribution in [0, 0.1) is 0 Å². The van der Waals surface area contributed by atoms with E-state index < -0.39 is 0 Å². The molecule has 0 fully saturated rings. The van der Waals surface area contributed by atoms with Gasteiger partial charge in [-0.1, -0.05) is 45.0 Å². The van der Waals surface area contributed by atoms with E-state index in [1.807, 2.05) is 18.2 Å². The van der Waals surface area contributed by atoms with Crippen molar-refractivity contribution in [3.63, 3.8) is 0 Å². The molecule has 1 aliphatic heterocycles. The topological polar surface area (TPSA) is 50.4 Å². The van der Waals surface area contributed by atoms with Crippen LogP contribution in [0.3, 0.4) is 0 Å². The molecule has 0 aromatic heterocycles. The Morgan fingerprint density at radius 2 is 1.82 bits per heavy atom. The summed E-state index contributed by atoms with van der Waals surface area (Å²) in [4.78, 5) is 4.69. The third kappa shape index (κ3) is 3.14. The van der Waals surface area contributed by atoms with Crippen molar-refractivity contribution in [3.8, 4) is 0 Å². The highest BCUT2D eigenvalue weighted by molar-refractivity contribution is 6.03. The van der Waals surface area contributed by atoms with Gasteiger partial charge in [0, 0.05) is 17.8 Å². The average Bonchev–Trinajstić information content (AvgIpc) is 2.86. The van der Waals surface area contributed by atoms with Crippen LogP contribution in [-0.4, -0.2) is 5.84 Å².